The summed E-state index contributed by atoms with van der Waals surface area (Å²) in [6, 6.07) is 40.0. The van der Waals surface area contributed by atoms with Crippen LogP contribution >= 0.6 is 0 Å². The molecular weight excluding hydrogens is 385 g/mol. The van der Waals surface area contributed by atoms with Gasteiger partial charge in [-0.2, -0.15) is 0 Å². The average Bonchev–Trinajstić information content (AvgIpc) is 2.83. The lowest BCUT2D eigenvalue weighted by Gasteiger charge is -2.38. The van der Waals surface area contributed by atoms with Gasteiger partial charge in [0.1, 0.15) is 0 Å². The predicted molar refractivity (Wildman–Crippen MR) is 139 cm³/mol. The van der Waals surface area contributed by atoms with Crippen molar-refractivity contribution in [3.05, 3.63) is 120 Å². The molecule has 0 saturated heterocycles. The summed E-state index contributed by atoms with van der Waals surface area (Å²) in [5.41, 5.74) is 10.4. The molecule has 32 heavy (non-hydrogen) atoms. The first-order chi connectivity index (χ1) is 15.7. The molecule has 1 aliphatic heterocycles. The molecule has 1 heterocycles. The van der Waals surface area contributed by atoms with Crippen molar-refractivity contribution >= 4 is 50.9 Å². The van der Waals surface area contributed by atoms with E-state index >= 15 is 0 Å². The van der Waals surface area contributed by atoms with Gasteiger partial charge < -0.3 is 4.90 Å². The van der Waals surface area contributed by atoms with Crippen molar-refractivity contribution < 1.29 is 0 Å². The molecule has 0 spiro atoms. The van der Waals surface area contributed by atoms with E-state index in [1.165, 1.54) is 55.3 Å². The van der Waals surface area contributed by atoms with Gasteiger partial charge >= 0.3 is 0 Å². The monoisotopic (exact) mass is 409 g/mol. The van der Waals surface area contributed by atoms with E-state index in [1.54, 1.807) is 0 Å². The van der Waals surface area contributed by atoms with E-state index < -0.39 is 0 Å². The van der Waals surface area contributed by atoms with Crippen molar-refractivity contribution in [2.75, 3.05) is 4.90 Å². The number of fused-ring (bicyclic) bond motifs is 3. The molecule has 0 radical (unpaired) electrons. The number of hydrogen-bond acceptors (Lipinski definition) is 1. The second-order valence-corrected chi connectivity index (χ2v) is 8.80. The van der Waals surface area contributed by atoms with E-state index in [9.17, 15) is 0 Å². The molecule has 0 saturated carbocycles. The zero-order chi connectivity index (χ0) is 21.7. The van der Waals surface area contributed by atoms with Gasteiger partial charge in [0.2, 0.25) is 6.71 Å². The standard InChI is InChI=1S/C30H24BN/c1-21-15-17-29-26(19-21)31(24-11-4-3-5-12-24)27-20-22(2)16-18-30(27)32(29)28-14-8-10-23-9-6-7-13-25(23)28/h3-20H,1-2H3. The van der Waals surface area contributed by atoms with Gasteiger partial charge in [0.25, 0.3) is 0 Å². The van der Waals surface area contributed by atoms with Crippen molar-refractivity contribution in [2.24, 2.45) is 0 Å². The van der Waals surface area contributed by atoms with Crippen LogP contribution in [0.3, 0.4) is 0 Å². The van der Waals surface area contributed by atoms with Crippen LogP contribution in [0.2, 0.25) is 0 Å². The number of aryl methyl sites for hydroxylation is 2. The van der Waals surface area contributed by atoms with Crippen LogP contribution in [0, 0.1) is 13.8 Å². The van der Waals surface area contributed by atoms with Crippen LogP contribution in [0.5, 0.6) is 0 Å². The fraction of sp³-hybridized carbons (Fsp3) is 0.0667. The molecule has 0 atom stereocenters. The summed E-state index contributed by atoms with van der Waals surface area (Å²) in [7, 11) is 0. The minimum Gasteiger partial charge on any atom is -0.311 e. The largest absolute Gasteiger partial charge is 0.311 e. The minimum absolute atomic E-state index is 0.215. The topological polar surface area (TPSA) is 3.24 Å². The highest BCUT2D eigenvalue weighted by Gasteiger charge is 2.35. The molecule has 0 fully saturated rings. The highest BCUT2D eigenvalue weighted by molar-refractivity contribution is 6.98. The van der Waals surface area contributed by atoms with Gasteiger partial charge in [0.15, 0.2) is 0 Å². The zero-order valence-corrected chi connectivity index (χ0v) is 18.4. The fourth-order valence-corrected chi connectivity index (χ4v) is 5.18. The summed E-state index contributed by atoms with van der Waals surface area (Å²) in [6.45, 7) is 4.60. The molecule has 0 unspecified atom stereocenters. The van der Waals surface area contributed by atoms with Crippen molar-refractivity contribution in [3.8, 4) is 0 Å². The summed E-state index contributed by atoms with van der Waals surface area (Å²) in [5.74, 6) is 0. The summed E-state index contributed by atoms with van der Waals surface area (Å²) in [5, 5.41) is 2.53. The molecule has 5 aromatic carbocycles. The Morgan fingerprint density at radius 3 is 1.81 bits per heavy atom. The highest BCUT2D eigenvalue weighted by Crippen LogP contribution is 2.39. The Labute approximate surface area is 190 Å². The van der Waals surface area contributed by atoms with Crippen molar-refractivity contribution in [1.29, 1.82) is 0 Å². The molecule has 1 aliphatic rings. The molecule has 0 aliphatic carbocycles. The maximum absolute atomic E-state index is 2.46. The predicted octanol–water partition coefficient (Wildman–Crippen LogP) is 5.76. The zero-order valence-electron chi connectivity index (χ0n) is 18.4. The molecule has 0 N–H and O–H groups in total. The second kappa shape index (κ2) is 7.42. The average molecular weight is 409 g/mol. The summed E-state index contributed by atoms with van der Waals surface area (Å²) >= 11 is 0. The van der Waals surface area contributed by atoms with E-state index in [4.69, 9.17) is 0 Å². The van der Waals surface area contributed by atoms with Gasteiger partial charge in [-0.05, 0) is 48.4 Å². The number of hydrogen-bond donors (Lipinski definition) is 0. The van der Waals surface area contributed by atoms with Crippen molar-refractivity contribution in [1.82, 2.24) is 0 Å². The van der Waals surface area contributed by atoms with Gasteiger partial charge in [0.05, 0.1) is 5.69 Å². The third-order valence-electron chi connectivity index (χ3n) is 6.61. The van der Waals surface area contributed by atoms with Gasteiger partial charge in [0, 0.05) is 16.8 Å². The Kier molecular flexibility index (Phi) is 4.40. The Hall–Kier alpha value is -3.78. The van der Waals surface area contributed by atoms with Crippen molar-refractivity contribution in [3.63, 3.8) is 0 Å². The number of rotatable bonds is 2. The lowest BCUT2D eigenvalue weighted by atomic mass is 9.35. The lowest BCUT2D eigenvalue weighted by Crippen LogP contribution is -2.57. The Balaban J connectivity index is 1.70. The van der Waals surface area contributed by atoms with Crippen LogP contribution in [-0.4, -0.2) is 6.71 Å². The van der Waals surface area contributed by atoms with E-state index in [0.29, 0.717) is 0 Å². The van der Waals surface area contributed by atoms with E-state index in [1.807, 2.05) is 0 Å². The van der Waals surface area contributed by atoms with E-state index in [-0.39, 0.29) is 6.71 Å². The number of nitrogens with zero attached hydrogens (tertiary/aromatic N) is 1. The summed E-state index contributed by atoms with van der Waals surface area (Å²) < 4.78 is 0. The van der Waals surface area contributed by atoms with E-state index in [2.05, 4.69) is 128 Å². The smallest absolute Gasteiger partial charge is 0.246 e. The summed E-state index contributed by atoms with van der Waals surface area (Å²) in [6.07, 6.45) is 0. The van der Waals surface area contributed by atoms with Gasteiger partial charge in [-0.3, -0.25) is 0 Å². The Morgan fingerprint density at radius 1 is 0.531 bits per heavy atom. The maximum atomic E-state index is 2.46. The third kappa shape index (κ3) is 2.95. The van der Waals surface area contributed by atoms with Crippen LogP contribution in [0.1, 0.15) is 11.1 Å². The number of anilines is 3. The summed E-state index contributed by atoms with van der Waals surface area (Å²) in [4.78, 5) is 2.46. The quantitative estimate of drug-likeness (QED) is 0.329. The first-order valence-electron chi connectivity index (χ1n) is 11.2. The molecular formula is C30H24BN. The molecule has 1 nitrogen and oxygen atoms in total. The Bertz CT molecular complexity index is 1400. The second-order valence-electron chi connectivity index (χ2n) is 8.80. The van der Waals surface area contributed by atoms with Gasteiger partial charge in [-0.25, -0.2) is 0 Å². The molecule has 0 bridgehead atoms. The van der Waals surface area contributed by atoms with Crippen LogP contribution in [0.25, 0.3) is 10.8 Å². The van der Waals surface area contributed by atoms with Gasteiger partial charge in [-0.1, -0.05) is 108 Å². The molecule has 2 heteroatoms. The molecule has 0 amide bonds. The maximum Gasteiger partial charge on any atom is 0.246 e. The molecule has 6 rings (SSSR count). The highest BCUT2D eigenvalue weighted by atomic mass is 15.2. The lowest BCUT2D eigenvalue weighted by molar-refractivity contribution is 1.29. The fourth-order valence-electron chi connectivity index (χ4n) is 5.18. The normalized spacial score (nSPS) is 12.6. The Morgan fingerprint density at radius 2 is 1.12 bits per heavy atom. The van der Waals surface area contributed by atoms with Gasteiger partial charge in [-0.15, -0.1) is 0 Å². The van der Waals surface area contributed by atoms with Crippen LogP contribution in [-0.2, 0) is 0 Å². The van der Waals surface area contributed by atoms with E-state index in [0.717, 1.165) is 0 Å². The minimum atomic E-state index is 0.215. The third-order valence-corrected chi connectivity index (χ3v) is 6.61. The van der Waals surface area contributed by atoms with Crippen molar-refractivity contribution in [2.45, 2.75) is 13.8 Å². The molecule has 5 aromatic rings. The van der Waals surface area contributed by atoms with Crippen LogP contribution in [0.15, 0.2) is 109 Å². The SMILES string of the molecule is Cc1ccc2c(c1)B(c1ccccc1)c1cc(C)ccc1N2c1cccc2ccccc12. The molecule has 152 valence electrons. The molecule has 0 aromatic heterocycles. The first kappa shape index (κ1) is 19.0. The van der Waals surface area contributed by atoms with Crippen LogP contribution < -0.4 is 21.3 Å². The number of benzene rings is 5. The van der Waals surface area contributed by atoms with Crippen LogP contribution in [0.4, 0.5) is 17.1 Å². The first-order valence-corrected chi connectivity index (χ1v) is 11.2.